The molecule has 0 rings (SSSR count). The molecule has 92 heavy (non-hydrogen) atoms. The van der Waals surface area contributed by atoms with Gasteiger partial charge < -0.3 is 33.8 Å². The Kier molecular flexibility index (Phi) is 61.3. The SMILES string of the molecule is CCC(C)CCCCCCCCCCCCC(=O)O[C@H](COC(=O)CCCCCCCCCCC(C)C)COP(=O)(O)OCC(O)COP(=O)(O)OC[C@@H](COC(=O)CCCCCCCCCCC(C)CC)OC(=O)CCCCCCCCCCCCCCC(C)C. The third-order valence-electron chi connectivity index (χ3n) is 17.5. The summed E-state index contributed by atoms with van der Waals surface area (Å²) in [6.45, 7) is 14.2. The normalized spacial score (nSPS) is 14.8. The zero-order valence-corrected chi connectivity index (χ0v) is 62.0. The number of hydrogen-bond donors (Lipinski definition) is 3. The van der Waals surface area contributed by atoms with Crippen molar-refractivity contribution in [1.29, 1.82) is 0 Å². The number of esters is 4. The fourth-order valence-electron chi connectivity index (χ4n) is 11.0. The van der Waals surface area contributed by atoms with E-state index in [0.29, 0.717) is 25.7 Å². The Morgan fingerprint density at radius 3 is 0.772 bits per heavy atom. The summed E-state index contributed by atoms with van der Waals surface area (Å²) in [5, 5.41) is 10.6. The number of ether oxygens (including phenoxy) is 4. The lowest BCUT2D eigenvalue weighted by molar-refractivity contribution is -0.161. The Morgan fingerprint density at radius 1 is 0.304 bits per heavy atom. The zero-order chi connectivity index (χ0) is 68.2. The van der Waals surface area contributed by atoms with E-state index in [2.05, 4.69) is 55.4 Å². The molecule has 0 amide bonds. The van der Waals surface area contributed by atoms with Crippen LogP contribution < -0.4 is 0 Å². The molecule has 0 heterocycles. The minimum Gasteiger partial charge on any atom is -0.462 e. The summed E-state index contributed by atoms with van der Waals surface area (Å²) < 4.78 is 68.4. The van der Waals surface area contributed by atoms with Crippen LogP contribution in [-0.4, -0.2) is 96.7 Å². The average molecular weight is 1350 g/mol. The second-order valence-electron chi connectivity index (χ2n) is 27.8. The molecule has 0 radical (unpaired) electrons. The van der Waals surface area contributed by atoms with E-state index in [1.54, 1.807) is 0 Å². The molecule has 0 aliphatic heterocycles. The third kappa shape index (κ3) is 64.1. The highest BCUT2D eigenvalue weighted by Gasteiger charge is 2.30. The second kappa shape index (κ2) is 62.6. The summed E-state index contributed by atoms with van der Waals surface area (Å²) in [5.41, 5.74) is 0. The Morgan fingerprint density at radius 2 is 0.522 bits per heavy atom. The molecule has 0 aliphatic carbocycles. The molecule has 0 aromatic rings. The first-order valence-electron chi connectivity index (χ1n) is 37.8. The van der Waals surface area contributed by atoms with Crippen LogP contribution in [0.25, 0.3) is 0 Å². The van der Waals surface area contributed by atoms with Gasteiger partial charge in [0.25, 0.3) is 0 Å². The van der Waals surface area contributed by atoms with Crippen molar-refractivity contribution in [2.75, 3.05) is 39.6 Å². The molecule has 3 N–H and O–H groups in total. The number of rotatable bonds is 70. The van der Waals surface area contributed by atoms with Gasteiger partial charge in [-0.15, -0.1) is 0 Å². The van der Waals surface area contributed by atoms with E-state index < -0.39 is 97.5 Å². The Bertz CT molecular complexity index is 1820. The minimum atomic E-state index is -4.96. The fourth-order valence-corrected chi connectivity index (χ4v) is 12.5. The van der Waals surface area contributed by atoms with Gasteiger partial charge in [-0.1, -0.05) is 312 Å². The highest BCUT2D eigenvalue weighted by Crippen LogP contribution is 2.45. The number of aliphatic hydroxyl groups excluding tert-OH is 1. The maximum atomic E-state index is 13.0. The third-order valence-corrected chi connectivity index (χ3v) is 19.4. The van der Waals surface area contributed by atoms with Crippen LogP contribution in [0.5, 0.6) is 0 Å². The van der Waals surface area contributed by atoms with Crippen molar-refractivity contribution in [2.45, 2.75) is 382 Å². The molecular weight excluding hydrogens is 1210 g/mol. The molecule has 19 heteroatoms. The fraction of sp³-hybridized carbons (Fsp3) is 0.945. The summed E-state index contributed by atoms with van der Waals surface area (Å²) in [5.74, 6) is 0.958. The van der Waals surface area contributed by atoms with Gasteiger partial charge in [0.05, 0.1) is 26.4 Å². The predicted molar refractivity (Wildman–Crippen MR) is 372 cm³/mol. The molecule has 17 nitrogen and oxygen atoms in total. The van der Waals surface area contributed by atoms with E-state index in [0.717, 1.165) is 114 Å². The van der Waals surface area contributed by atoms with Crippen LogP contribution in [-0.2, 0) is 65.4 Å². The molecule has 5 unspecified atom stereocenters. The van der Waals surface area contributed by atoms with Crippen molar-refractivity contribution in [3.05, 3.63) is 0 Å². The smallest absolute Gasteiger partial charge is 0.462 e. The van der Waals surface area contributed by atoms with Crippen molar-refractivity contribution in [3.8, 4) is 0 Å². The highest BCUT2D eigenvalue weighted by molar-refractivity contribution is 7.47. The van der Waals surface area contributed by atoms with Crippen LogP contribution in [0.1, 0.15) is 364 Å². The van der Waals surface area contributed by atoms with E-state index in [-0.39, 0.29) is 25.7 Å². The molecule has 0 bridgehead atoms. The molecular formula is C73H142O17P2. The van der Waals surface area contributed by atoms with E-state index in [1.165, 1.54) is 167 Å². The van der Waals surface area contributed by atoms with Gasteiger partial charge in [-0.2, -0.15) is 0 Å². The first kappa shape index (κ1) is 90.1. The van der Waals surface area contributed by atoms with E-state index in [1.807, 2.05) is 0 Å². The van der Waals surface area contributed by atoms with E-state index >= 15 is 0 Å². The summed E-state index contributed by atoms with van der Waals surface area (Å²) in [4.78, 5) is 72.7. The maximum Gasteiger partial charge on any atom is 0.472 e. The molecule has 7 atom stereocenters. The minimum absolute atomic E-state index is 0.105. The number of phosphoric ester groups is 2. The summed E-state index contributed by atoms with van der Waals surface area (Å²) in [6, 6.07) is 0. The molecule has 546 valence electrons. The number of aliphatic hydroxyl groups is 1. The maximum absolute atomic E-state index is 13.0. The van der Waals surface area contributed by atoms with E-state index in [4.69, 9.17) is 37.0 Å². The molecule has 0 saturated heterocycles. The van der Waals surface area contributed by atoms with Crippen LogP contribution in [0.2, 0.25) is 0 Å². The molecule has 0 aromatic heterocycles. The topological polar surface area (TPSA) is 237 Å². The van der Waals surface area contributed by atoms with Gasteiger partial charge in [0.1, 0.15) is 19.3 Å². The van der Waals surface area contributed by atoms with Gasteiger partial charge in [0, 0.05) is 25.7 Å². The van der Waals surface area contributed by atoms with Crippen molar-refractivity contribution in [1.82, 2.24) is 0 Å². The Labute approximate surface area is 562 Å². The first-order chi connectivity index (χ1) is 44.2. The van der Waals surface area contributed by atoms with Crippen molar-refractivity contribution < 1.29 is 80.2 Å². The van der Waals surface area contributed by atoms with Crippen LogP contribution in [0, 0.1) is 23.7 Å². The van der Waals surface area contributed by atoms with Gasteiger partial charge in [0.15, 0.2) is 12.2 Å². The van der Waals surface area contributed by atoms with Gasteiger partial charge in [-0.3, -0.25) is 37.3 Å². The summed E-state index contributed by atoms with van der Waals surface area (Å²) >= 11 is 0. The Balaban J connectivity index is 5.28. The lowest BCUT2D eigenvalue weighted by Crippen LogP contribution is -2.30. The molecule has 0 fully saturated rings. The lowest BCUT2D eigenvalue weighted by atomic mass is 9.99. The average Bonchev–Trinajstić information content (AvgIpc) is 3.39. The second-order valence-corrected chi connectivity index (χ2v) is 30.7. The summed E-state index contributed by atoms with van der Waals surface area (Å²) in [7, 11) is -9.91. The van der Waals surface area contributed by atoms with Crippen LogP contribution in [0.15, 0.2) is 0 Å². The number of unbranched alkanes of at least 4 members (excludes halogenated alkanes) is 34. The largest absolute Gasteiger partial charge is 0.472 e. The number of hydrogen-bond acceptors (Lipinski definition) is 15. The lowest BCUT2D eigenvalue weighted by Gasteiger charge is -2.21. The van der Waals surface area contributed by atoms with Crippen LogP contribution >= 0.6 is 15.6 Å². The predicted octanol–water partition coefficient (Wildman–Crippen LogP) is 20.9. The van der Waals surface area contributed by atoms with Crippen molar-refractivity contribution in [2.24, 2.45) is 23.7 Å². The monoisotopic (exact) mass is 1350 g/mol. The van der Waals surface area contributed by atoms with Crippen LogP contribution in [0.4, 0.5) is 0 Å². The van der Waals surface area contributed by atoms with E-state index in [9.17, 15) is 43.2 Å². The highest BCUT2D eigenvalue weighted by atomic mass is 31.2. The quantitative estimate of drug-likeness (QED) is 0.0222. The van der Waals surface area contributed by atoms with Crippen LogP contribution in [0.3, 0.4) is 0 Å². The van der Waals surface area contributed by atoms with Crippen molar-refractivity contribution in [3.63, 3.8) is 0 Å². The van der Waals surface area contributed by atoms with Crippen molar-refractivity contribution >= 4 is 39.5 Å². The number of carbonyl (C=O) groups is 4. The van der Waals surface area contributed by atoms with Gasteiger partial charge in [-0.25, -0.2) is 9.13 Å². The summed E-state index contributed by atoms with van der Waals surface area (Å²) in [6.07, 6.45) is 45.6. The molecule has 0 spiro atoms. The number of phosphoric acid groups is 2. The molecule has 0 aromatic carbocycles. The van der Waals surface area contributed by atoms with Gasteiger partial charge in [0.2, 0.25) is 0 Å². The standard InChI is InChI=1S/C73H142O17P2/c1-9-65(7)51-43-35-27-18-15-16-20-32-40-48-56-73(78)90-68(59-83-70(75)53-45-37-29-23-21-26-34-42-50-64(5)6)61-87-91(79,80)85-57-67(74)58-86-92(81,82)88-62-69(60-84-71(76)54-46-38-30-24-22-28-36-44-52-66(8)10-2)89-72(77)55-47-39-31-19-14-12-11-13-17-25-33-41-49-63(3)4/h63-69,74H,9-62H2,1-8H3,(H,79,80)(H,81,82)/t65?,66?,67?,68-,69-/m1/s1. The molecule has 0 aliphatic rings. The molecule has 0 saturated carbocycles. The van der Waals surface area contributed by atoms with Gasteiger partial charge >= 0.3 is 39.5 Å². The zero-order valence-electron chi connectivity index (χ0n) is 60.2. The Hall–Kier alpha value is -1.94. The van der Waals surface area contributed by atoms with Gasteiger partial charge in [-0.05, 0) is 49.4 Å². The number of carbonyl (C=O) groups excluding carboxylic acids is 4. The first-order valence-corrected chi connectivity index (χ1v) is 40.8.